The SMILES string of the molecule is Cc1ccncc1CNc1cnc2ccccc2c1. The fourth-order valence-corrected chi connectivity index (χ4v) is 2.05. The van der Waals surface area contributed by atoms with Crippen LogP contribution in [0.1, 0.15) is 11.1 Å². The number of hydrogen-bond acceptors (Lipinski definition) is 3. The van der Waals surface area contributed by atoms with Crippen molar-refractivity contribution in [2.75, 3.05) is 5.32 Å². The van der Waals surface area contributed by atoms with Crippen LogP contribution in [0.5, 0.6) is 0 Å². The summed E-state index contributed by atoms with van der Waals surface area (Å²) in [5.74, 6) is 0. The predicted molar refractivity (Wildman–Crippen MR) is 78.0 cm³/mol. The molecule has 0 bridgehead atoms. The number of hydrogen-bond donors (Lipinski definition) is 1. The second-order valence-corrected chi connectivity index (χ2v) is 4.57. The molecule has 0 aliphatic carbocycles. The molecule has 0 unspecified atom stereocenters. The Hall–Kier alpha value is -2.42. The second-order valence-electron chi connectivity index (χ2n) is 4.57. The molecule has 0 spiro atoms. The predicted octanol–water partition coefficient (Wildman–Crippen LogP) is 3.55. The van der Waals surface area contributed by atoms with Crippen molar-refractivity contribution in [1.82, 2.24) is 9.97 Å². The zero-order valence-corrected chi connectivity index (χ0v) is 10.8. The summed E-state index contributed by atoms with van der Waals surface area (Å²) < 4.78 is 0. The lowest BCUT2D eigenvalue weighted by Gasteiger charge is -2.08. The number of aromatic nitrogens is 2. The molecule has 3 rings (SSSR count). The van der Waals surface area contributed by atoms with Crippen LogP contribution < -0.4 is 5.32 Å². The van der Waals surface area contributed by atoms with E-state index < -0.39 is 0 Å². The molecule has 19 heavy (non-hydrogen) atoms. The number of pyridine rings is 2. The van der Waals surface area contributed by atoms with Crippen LogP contribution in [0, 0.1) is 6.92 Å². The van der Waals surface area contributed by atoms with Crippen molar-refractivity contribution in [3.63, 3.8) is 0 Å². The maximum atomic E-state index is 4.44. The Balaban J connectivity index is 1.80. The summed E-state index contributed by atoms with van der Waals surface area (Å²) in [4.78, 5) is 8.59. The van der Waals surface area contributed by atoms with Gasteiger partial charge >= 0.3 is 0 Å². The third-order valence-electron chi connectivity index (χ3n) is 3.22. The Labute approximate surface area is 112 Å². The largest absolute Gasteiger partial charge is 0.380 e. The highest BCUT2D eigenvalue weighted by molar-refractivity contribution is 5.81. The van der Waals surface area contributed by atoms with Gasteiger partial charge in [-0.05, 0) is 36.2 Å². The molecular formula is C16H15N3. The van der Waals surface area contributed by atoms with Crippen molar-refractivity contribution >= 4 is 16.6 Å². The number of nitrogens with zero attached hydrogens (tertiary/aromatic N) is 2. The number of para-hydroxylation sites is 1. The lowest BCUT2D eigenvalue weighted by atomic mass is 10.1. The number of rotatable bonds is 3. The van der Waals surface area contributed by atoms with Gasteiger partial charge in [-0.1, -0.05) is 18.2 Å². The number of aryl methyl sites for hydroxylation is 1. The van der Waals surface area contributed by atoms with Crippen LogP contribution in [0.4, 0.5) is 5.69 Å². The molecule has 0 amide bonds. The topological polar surface area (TPSA) is 37.8 Å². The zero-order valence-electron chi connectivity index (χ0n) is 10.8. The summed E-state index contributed by atoms with van der Waals surface area (Å²) in [6.07, 6.45) is 5.58. The van der Waals surface area contributed by atoms with Crippen LogP contribution in [-0.2, 0) is 6.54 Å². The summed E-state index contributed by atoms with van der Waals surface area (Å²) in [7, 11) is 0. The quantitative estimate of drug-likeness (QED) is 0.771. The highest BCUT2D eigenvalue weighted by Crippen LogP contribution is 2.17. The van der Waals surface area contributed by atoms with Gasteiger partial charge in [-0.3, -0.25) is 9.97 Å². The van der Waals surface area contributed by atoms with Gasteiger partial charge in [0.2, 0.25) is 0 Å². The van der Waals surface area contributed by atoms with E-state index in [0.29, 0.717) is 0 Å². The maximum Gasteiger partial charge on any atom is 0.0703 e. The third kappa shape index (κ3) is 2.55. The molecule has 3 aromatic rings. The number of fused-ring (bicyclic) bond motifs is 1. The van der Waals surface area contributed by atoms with Crippen LogP contribution in [0.2, 0.25) is 0 Å². The lowest BCUT2D eigenvalue weighted by molar-refractivity contribution is 1.08. The van der Waals surface area contributed by atoms with Gasteiger partial charge in [0, 0.05) is 24.3 Å². The zero-order chi connectivity index (χ0) is 13.1. The smallest absolute Gasteiger partial charge is 0.0703 e. The molecule has 0 saturated heterocycles. The Morgan fingerprint density at radius 3 is 2.89 bits per heavy atom. The number of nitrogens with one attached hydrogen (secondary N) is 1. The molecule has 0 atom stereocenters. The summed E-state index contributed by atoms with van der Waals surface area (Å²) in [6, 6.07) is 12.3. The summed E-state index contributed by atoms with van der Waals surface area (Å²) in [5, 5.41) is 4.54. The molecule has 2 heterocycles. The number of anilines is 1. The summed E-state index contributed by atoms with van der Waals surface area (Å²) in [6.45, 7) is 2.86. The average Bonchev–Trinajstić information content (AvgIpc) is 2.46. The minimum atomic E-state index is 0.764. The molecule has 94 valence electrons. The first kappa shape index (κ1) is 11.7. The van der Waals surface area contributed by atoms with Crippen molar-refractivity contribution in [2.45, 2.75) is 13.5 Å². The van der Waals surface area contributed by atoms with Crippen LogP contribution in [-0.4, -0.2) is 9.97 Å². The molecule has 0 aliphatic rings. The van der Waals surface area contributed by atoms with E-state index >= 15 is 0 Å². The van der Waals surface area contributed by atoms with E-state index in [-0.39, 0.29) is 0 Å². The minimum Gasteiger partial charge on any atom is -0.380 e. The molecule has 0 fully saturated rings. The Kier molecular flexibility index (Phi) is 3.11. The third-order valence-corrected chi connectivity index (χ3v) is 3.22. The van der Waals surface area contributed by atoms with Gasteiger partial charge in [0.15, 0.2) is 0 Å². The van der Waals surface area contributed by atoms with E-state index in [4.69, 9.17) is 0 Å². The highest BCUT2D eigenvalue weighted by atomic mass is 14.9. The van der Waals surface area contributed by atoms with E-state index in [1.54, 1.807) is 0 Å². The molecule has 0 radical (unpaired) electrons. The van der Waals surface area contributed by atoms with E-state index in [0.717, 1.165) is 23.1 Å². The van der Waals surface area contributed by atoms with Crippen molar-refractivity contribution in [3.8, 4) is 0 Å². The first-order chi connectivity index (χ1) is 9.33. The van der Waals surface area contributed by atoms with Crippen LogP contribution in [0.15, 0.2) is 55.0 Å². The molecule has 3 nitrogen and oxygen atoms in total. The summed E-state index contributed by atoms with van der Waals surface area (Å²) >= 11 is 0. The van der Waals surface area contributed by atoms with Gasteiger partial charge in [0.1, 0.15) is 0 Å². The number of benzene rings is 1. The maximum absolute atomic E-state index is 4.44. The van der Waals surface area contributed by atoms with Gasteiger partial charge in [-0.15, -0.1) is 0 Å². The van der Waals surface area contributed by atoms with Gasteiger partial charge in [-0.2, -0.15) is 0 Å². The molecule has 3 heteroatoms. The first-order valence-corrected chi connectivity index (χ1v) is 6.31. The van der Waals surface area contributed by atoms with Crippen molar-refractivity contribution in [1.29, 1.82) is 0 Å². The Bertz CT molecular complexity index is 707. The van der Waals surface area contributed by atoms with Crippen LogP contribution >= 0.6 is 0 Å². The lowest BCUT2D eigenvalue weighted by Crippen LogP contribution is -2.02. The van der Waals surface area contributed by atoms with Gasteiger partial charge < -0.3 is 5.32 Å². The standard InChI is InChI=1S/C16H15N3/c1-12-6-7-17-9-14(12)10-18-15-8-13-4-2-3-5-16(13)19-11-15/h2-9,11,18H,10H2,1H3. The molecule has 0 saturated carbocycles. The Morgan fingerprint density at radius 1 is 1.11 bits per heavy atom. The van der Waals surface area contributed by atoms with E-state index in [1.807, 2.05) is 42.9 Å². The molecule has 2 aromatic heterocycles. The second kappa shape index (κ2) is 5.06. The van der Waals surface area contributed by atoms with Gasteiger partial charge in [0.25, 0.3) is 0 Å². The first-order valence-electron chi connectivity index (χ1n) is 6.31. The van der Waals surface area contributed by atoms with Gasteiger partial charge in [0.05, 0.1) is 17.4 Å². The van der Waals surface area contributed by atoms with E-state index in [2.05, 4.69) is 34.3 Å². The Morgan fingerprint density at radius 2 is 2.00 bits per heavy atom. The minimum absolute atomic E-state index is 0.764. The van der Waals surface area contributed by atoms with Gasteiger partial charge in [-0.25, -0.2) is 0 Å². The summed E-state index contributed by atoms with van der Waals surface area (Å²) in [5.41, 5.74) is 4.50. The van der Waals surface area contributed by atoms with E-state index in [9.17, 15) is 0 Å². The van der Waals surface area contributed by atoms with Crippen molar-refractivity contribution in [3.05, 3.63) is 66.1 Å². The monoisotopic (exact) mass is 249 g/mol. The highest BCUT2D eigenvalue weighted by Gasteiger charge is 2.00. The van der Waals surface area contributed by atoms with Crippen molar-refractivity contribution < 1.29 is 0 Å². The van der Waals surface area contributed by atoms with Crippen LogP contribution in [0.25, 0.3) is 10.9 Å². The van der Waals surface area contributed by atoms with E-state index in [1.165, 1.54) is 11.1 Å². The van der Waals surface area contributed by atoms with Crippen molar-refractivity contribution in [2.24, 2.45) is 0 Å². The average molecular weight is 249 g/mol. The normalized spacial score (nSPS) is 10.6. The fourth-order valence-electron chi connectivity index (χ4n) is 2.05. The molecule has 1 N–H and O–H groups in total. The van der Waals surface area contributed by atoms with Crippen LogP contribution in [0.3, 0.4) is 0 Å². The molecule has 0 aliphatic heterocycles. The molecule has 1 aromatic carbocycles. The fraction of sp³-hybridized carbons (Fsp3) is 0.125. The molecular weight excluding hydrogens is 234 g/mol.